The van der Waals surface area contributed by atoms with Crippen molar-refractivity contribution >= 4 is 0 Å². The monoisotopic (exact) mass is 191 g/mol. The Morgan fingerprint density at radius 1 is 1.50 bits per heavy atom. The van der Waals surface area contributed by atoms with Gasteiger partial charge in [-0.3, -0.25) is 0 Å². The molecule has 1 aliphatic carbocycles. The van der Waals surface area contributed by atoms with Gasteiger partial charge < -0.3 is 10.8 Å². The molecule has 14 heavy (non-hydrogen) atoms. The predicted octanol–water partition coefficient (Wildman–Crippen LogP) is 2.16. The van der Waals surface area contributed by atoms with Crippen LogP contribution in [0.25, 0.3) is 0 Å². The fraction of sp³-hybridized carbons (Fsp3) is 0.500. The molecule has 3 N–H and O–H groups in total. The molecule has 0 amide bonds. The van der Waals surface area contributed by atoms with Gasteiger partial charge in [0.25, 0.3) is 0 Å². The molecule has 1 aromatic carbocycles. The highest BCUT2D eigenvalue weighted by molar-refractivity contribution is 5.43. The van der Waals surface area contributed by atoms with Crippen LogP contribution in [0.15, 0.2) is 18.2 Å². The summed E-state index contributed by atoms with van der Waals surface area (Å²) < 4.78 is 0. The van der Waals surface area contributed by atoms with E-state index in [1.165, 1.54) is 5.56 Å². The van der Waals surface area contributed by atoms with Crippen LogP contribution in [0.2, 0.25) is 0 Å². The summed E-state index contributed by atoms with van der Waals surface area (Å²) in [5.74, 6) is 0.860. The summed E-state index contributed by atoms with van der Waals surface area (Å²) >= 11 is 0. The Morgan fingerprint density at radius 2 is 2.29 bits per heavy atom. The third kappa shape index (κ3) is 1.40. The third-order valence-electron chi connectivity index (χ3n) is 3.27. The SMILES string of the molecule is CCC1c2cccc(O)c2CCC1N. The smallest absolute Gasteiger partial charge is 0.119 e. The molecule has 2 nitrogen and oxygen atoms in total. The zero-order valence-corrected chi connectivity index (χ0v) is 8.53. The van der Waals surface area contributed by atoms with Crippen molar-refractivity contribution in [1.29, 1.82) is 0 Å². The van der Waals surface area contributed by atoms with Crippen molar-refractivity contribution in [3.8, 4) is 5.75 Å². The van der Waals surface area contributed by atoms with Gasteiger partial charge in [-0.1, -0.05) is 19.1 Å². The van der Waals surface area contributed by atoms with Crippen LogP contribution in [-0.2, 0) is 6.42 Å². The summed E-state index contributed by atoms with van der Waals surface area (Å²) in [5.41, 5.74) is 8.44. The van der Waals surface area contributed by atoms with Crippen molar-refractivity contribution in [2.45, 2.75) is 38.1 Å². The molecular weight excluding hydrogens is 174 g/mol. The Kier molecular flexibility index (Phi) is 2.46. The van der Waals surface area contributed by atoms with E-state index in [1.54, 1.807) is 6.07 Å². The van der Waals surface area contributed by atoms with Gasteiger partial charge >= 0.3 is 0 Å². The molecule has 2 rings (SSSR count). The largest absolute Gasteiger partial charge is 0.508 e. The van der Waals surface area contributed by atoms with Crippen LogP contribution in [0.1, 0.15) is 36.8 Å². The van der Waals surface area contributed by atoms with E-state index in [0.29, 0.717) is 11.7 Å². The molecule has 2 unspecified atom stereocenters. The second-order valence-corrected chi connectivity index (χ2v) is 4.06. The highest BCUT2D eigenvalue weighted by atomic mass is 16.3. The van der Waals surface area contributed by atoms with E-state index in [-0.39, 0.29) is 6.04 Å². The van der Waals surface area contributed by atoms with Gasteiger partial charge in [0.2, 0.25) is 0 Å². The van der Waals surface area contributed by atoms with Crippen molar-refractivity contribution in [3.05, 3.63) is 29.3 Å². The van der Waals surface area contributed by atoms with Crippen molar-refractivity contribution in [2.75, 3.05) is 0 Å². The number of nitrogens with two attached hydrogens (primary N) is 1. The average Bonchev–Trinajstić information content (AvgIpc) is 2.18. The predicted molar refractivity (Wildman–Crippen MR) is 57.4 cm³/mol. The third-order valence-corrected chi connectivity index (χ3v) is 3.27. The molecule has 0 aromatic heterocycles. The lowest BCUT2D eigenvalue weighted by Gasteiger charge is -2.30. The number of benzene rings is 1. The molecule has 1 aromatic rings. The Bertz CT molecular complexity index is 335. The zero-order valence-electron chi connectivity index (χ0n) is 8.53. The molecule has 0 radical (unpaired) electrons. The molecular formula is C12H17NO. The van der Waals surface area contributed by atoms with Gasteiger partial charge in [-0.15, -0.1) is 0 Å². The fourth-order valence-corrected chi connectivity index (χ4v) is 2.48. The lowest BCUT2D eigenvalue weighted by Crippen LogP contribution is -2.32. The van der Waals surface area contributed by atoms with E-state index < -0.39 is 0 Å². The van der Waals surface area contributed by atoms with E-state index >= 15 is 0 Å². The zero-order chi connectivity index (χ0) is 10.1. The number of hydrogen-bond donors (Lipinski definition) is 2. The molecule has 0 spiro atoms. The van der Waals surface area contributed by atoms with Crippen LogP contribution in [0.4, 0.5) is 0 Å². The lowest BCUT2D eigenvalue weighted by molar-refractivity contribution is 0.428. The van der Waals surface area contributed by atoms with Gasteiger partial charge in [-0.05, 0) is 42.4 Å². The first-order valence-corrected chi connectivity index (χ1v) is 5.30. The highest BCUT2D eigenvalue weighted by Gasteiger charge is 2.26. The van der Waals surface area contributed by atoms with E-state index in [4.69, 9.17) is 5.73 Å². The van der Waals surface area contributed by atoms with Gasteiger partial charge in [0, 0.05) is 6.04 Å². The standard InChI is InChI=1S/C12H17NO/c1-2-8-9-4-3-5-12(14)10(9)6-7-11(8)13/h3-5,8,11,14H,2,6-7,13H2,1H3. The summed E-state index contributed by atoms with van der Waals surface area (Å²) in [6.07, 6.45) is 2.96. The second kappa shape index (κ2) is 3.62. The maximum absolute atomic E-state index is 9.72. The molecule has 76 valence electrons. The molecule has 0 fully saturated rings. The molecule has 2 atom stereocenters. The Labute approximate surface area is 84.7 Å². The normalized spacial score (nSPS) is 25.9. The minimum atomic E-state index is 0.259. The van der Waals surface area contributed by atoms with Crippen molar-refractivity contribution in [2.24, 2.45) is 5.73 Å². The average molecular weight is 191 g/mol. The number of phenols is 1. The van der Waals surface area contributed by atoms with Gasteiger partial charge in [0.15, 0.2) is 0 Å². The van der Waals surface area contributed by atoms with Crippen LogP contribution in [-0.4, -0.2) is 11.1 Å². The Hall–Kier alpha value is -1.02. The van der Waals surface area contributed by atoms with Crippen LogP contribution < -0.4 is 5.73 Å². The molecule has 0 bridgehead atoms. The van der Waals surface area contributed by atoms with Crippen LogP contribution >= 0.6 is 0 Å². The van der Waals surface area contributed by atoms with E-state index in [2.05, 4.69) is 13.0 Å². The minimum Gasteiger partial charge on any atom is -0.508 e. The molecule has 0 heterocycles. The molecule has 0 saturated carbocycles. The fourth-order valence-electron chi connectivity index (χ4n) is 2.48. The van der Waals surface area contributed by atoms with Crippen molar-refractivity contribution in [3.63, 3.8) is 0 Å². The number of rotatable bonds is 1. The van der Waals surface area contributed by atoms with E-state index in [9.17, 15) is 5.11 Å². The van der Waals surface area contributed by atoms with Crippen molar-refractivity contribution < 1.29 is 5.11 Å². The molecule has 2 heteroatoms. The second-order valence-electron chi connectivity index (χ2n) is 4.06. The van der Waals surface area contributed by atoms with Gasteiger partial charge in [-0.25, -0.2) is 0 Å². The van der Waals surface area contributed by atoms with Crippen molar-refractivity contribution in [1.82, 2.24) is 0 Å². The summed E-state index contributed by atoms with van der Waals surface area (Å²) in [6.45, 7) is 2.16. The molecule has 0 aliphatic heterocycles. The number of fused-ring (bicyclic) bond motifs is 1. The summed E-state index contributed by atoms with van der Waals surface area (Å²) in [6, 6.07) is 6.04. The topological polar surface area (TPSA) is 46.2 Å². The quantitative estimate of drug-likeness (QED) is 0.714. The molecule has 0 saturated heterocycles. The maximum Gasteiger partial charge on any atom is 0.119 e. The van der Waals surface area contributed by atoms with Crippen LogP contribution in [0.3, 0.4) is 0 Å². The van der Waals surface area contributed by atoms with Gasteiger partial charge in [-0.2, -0.15) is 0 Å². The molecule has 1 aliphatic rings. The lowest BCUT2D eigenvalue weighted by atomic mass is 9.78. The highest BCUT2D eigenvalue weighted by Crippen LogP contribution is 2.36. The summed E-state index contributed by atoms with van der Waals surface area (Å²) in [5, 5.41) is 9.72. The van der Waals surface area contributed by atoms with E-state index in [1.807, 2.05) is 6.07 Å². The van der Waals surface area contributed by atoms with Crippen LogP contribution in [0, 0.1) is 0 Å². The first-order chi connectivity index (χ1) is 6.74. The van der Waals surface area contributed by atoms with E-state index in [0.717, 1.165) is 24.8 Å². The first-order valence-electron chi connectivity index (χ1n) is 5.30. The number of hydrogen-bond acceptors (Lipinski definition) is 2. The minimum absolute atomic E-state index is 0.259. The maximum atomic E-state index is 9.72. The Morgan fingerprint density at radius 3 is 3.00 bits per heavy atom. The van der Waals surface area contributed by atoms with Gasteiger partial charge in [0.05, 0.1) is 0 Å². The van der Waals surface area contributed by atoms with Gasteiger partial charge in [0.1, 0.15) is 5.75 Å². The first kappa shape index (κ1) is 9.53. The summed E-state index contributed by atoms with van der Waals surface area (Å²) in [4.78, 5) is 0. The number of aromatic hydroxyl groups is 1. The Balaban J connectivity index is 2.46. The summed E-state index contributed by atoms with van der Waals surface area (Å²) in [7, 11) is 0. The number of phenolic OH excluding ortho intramolecular Hbond substituents is 1. The van der Waals surface area contributed by atoms with Crippen LogP contribution in [0.5, 0.6) is 5.75 Å².